The Bertz CT molecular complexity index is 322. The average Bonchev–Trinajstić information content (AvgIpc) is 3.22. The second-order valence-electron chi connectivity index (χ2n) is 6.86. The van der Waals surface area contributed by atoms with Gasteiger partial charge in [0.15, 0.2) is 0 Å². The maximum absolute atomic E-state index is 12.9. The van der Waals surface area contributed by atoms with Crippen molar-refractivity contribution in [2.45, 2.75) is 63.2 Å². The van der Waals surface area contributed by atoms with Crippen LogP contribution in [0.4, 0.5) is 13.2 Å². The first-order chi connectivity index (χ1) is 9.53. The second kappa shape index (κ2) is 5.84. The van der Waals surface area contributed by atoms with E-state index in [0.29, 0.717) is 18.4 Å². The van der Waals surface area contributed by atoms with Crippen LogP contribution in [0, 0.1) is 11.8 Å². The zero-order valence-corrected chi connectivity index (χ0v) is 12.0. The van der Waals surface area contributed by atoms with Gasteiger partial charge in [0.25, 0.3) is 0 Å². The molecule has 0 amide bonds. The van der Waals surface area contributed by atoms with Gasteiger partial charge in [-0.25, -0.2) is 0 Å². The summed E-state index contributed by atoms with van der Waals surface area (Å²) in [5.41, 5.74) is 0. The number of nitrogens with one attached hydrogen (secondary N) is 1. The summed E-state index contributed by atoms with van der Waals surface area (Å²) in [5.74, 6) is 1.08. The molecule has 0 aromatic carbocycles. The van der Waals surface area contributed by atoms with E-state index in [1.54, 1.807) is 4.90 Å². The van der Waals surface area contributed by atoms with Gasteiger partial charge < -0.3 is 5.32 Å². The van der Waals surface area contributed by atoms with Gasteiger partial charge in [-0.2, -0.15) is 13.2 Å². The highest BCUT2D eigenvalue weighted by Gasteiger charge is 2.43. The zero-order chi connectivity index (χ0) is 14.2. The molecule has 0 aromatic heterocycles. The van der Waals surface area contributed by atoms with Crippen molar-refractivity contribution in [3.05, 3.63) is 0 Å². The molecular weight excluding hydrogens is 265 g/mol. The lowest BCUT2D eigenvalue weighted by Gasteiger charge is -2.45. The second-order valence-corrected chi connectivity index (χ2v) is 6.86. The highest BCUT2D eigenvalue weighted by Crippen LogP contribution is 2.37. The maximum Gasteiger partial charge on any atom is 0.401 e. The van der Waals surface area contributed by atoms with Crippen LogP contribution in [-0.2, 0) is 0 Å². The van der Waals surface area contributed by atoms with Crippen LogP contribution in [0.5, 0.6) is 0 Å². The number of rotatable bonds is 3. The third-order valence-electron chi connectivity index (χ3n) is 5.26. The Kier molecular flexibility index (Phi) is 4.27. The van der Waals surface area contributed by atoms with Gasteiger partial charge in [-0.3, -0.25) is 4.90 Å². The van der Waals surface area contributed by atoms with Crippen LogP contribution < -0.4 is 5.32 Å². The highest BCUT2D eigenvalue weighted by molar-refractivity contribution is 4.97. The van der Waals surface area contributed by atoms with Gasteiger partial charge in [-0.1, -0.05) is 19.3 Å². The molecule has 0 radical (unpaired) electrons. The van der Waals surface area contributed by atoms with Crippen molar-refractivity contribution in [3.8, 4) is 0 Å². The molecule has 1 saturated heterocycles. The largest absolute Gasteiger partial charge is 0.401 e. The quantitative estimate of drug-likeness (QED) is 0.859. The fourth-order valence-electron chi connectivity index (χ4n) is 4.06. The van der Waals surface area contributed by atoms with Gasteiger partial charge in [0, 0.05) is 25.2 Å². The molecule has 0 spiro atoms. The van der Waals surface area contributed by atoms with Gasteiger partial charge in [0.05, 0.1) is 6.54 Å². The van der Waals surface area contributed by atoms with Crippen LogP contribution in [-0.4, -0.2) is 42.8 Å². The Balaban J connectivity index is 1.65. The summed E-state index contributed by atoms with van der Waals surface area (Å²) in [6.45, 7) is 0.617. The lowest BCUT2D eigenvalue weighted by Crippen LogP contribution is -2.61. The van der Waals surface area contributed by atoms with E-state index in [2.05, 4.69) is 5.32 Å². The molecule has 2 nitrogen and oxygen atoms in total. The van der Waals surface area contributed by atoms with Crippen LogP contribution >= 0.6 is 0 Å². The first-order valence-electron chi connectivity index (χ1n) is 8.07. The molecule has 1 aliphatic heterocycles. The van der Waals surface area contributed by atoms with Crippen LogP contribution in [0.1, 0.15) is 44.9 Å². The molecule has 0 bridgehead atoms. The lowest BCUT2D eigenvalue weighted by molar-refractivity contribution is -0.157. The Hall–Kier alpha value is -0.290. The fourth-order valence-corrected chi connectivity index (χ4v) is 4.06. The van der Waals surface area contributed by atoms with Crippen molar-refractivity contribution in [3.63, 3.8) is 0 Å². The summed E-state index contributed by atoms with van der Waals surface area (Å²) in [6.07, 6.45) is 4.14. The molecule has 5 heteroatoms. The lowest BCUT2D eigenvalue weighted by atomic mass is 9.82. The summed E-state index contributed by atoms with van der Waals surface area (Å²) >= 11 is 0. The normalized spacial score (nSPS) is 34.4. The number of alkyl halides is 3. The van der Waals surface area contributed by atoms with E-state index in [9.17, 15) is 13.2 Å². The molecule has 116 valence electrons. The highest BCUT2D eigenvalue weighted by atomic mass is 19.4. The van der Waals surface area contributed by atoms with E-state index in [-0.39, 0.29) is 12.1 Å². The predicted molar refractivity (Wildman–Crippen MR) is 72.5 cm³/mol. The molecule has 3 rings (SSSR count). The van der Waals surface area contributed by atoms with Crippen LogP contribution in [0.2, 0.25) is 0 Å². The molecule has 0 aromatic rings. The summed E-state index contributed by atoms with van der Waals surface area (Å²) in [6, 6.07) is 0.379. The third-order valence-corrected chi connectivity index (χ3v) is 5.26. The number of hydrogen-bond donors (Lipinski definition) is 1. The summed E-state index contributed by atoms with van der Waals surface area (Å²) in [4.78, 5) is 1.75. The van der Waals surface area contributed by atoms with Gasteiger partial charge in [-0.15, -0.1) is 0 Å². The van der Waals surface area contributed by atoms with Gasteiger partial charge in [0.1, 0.15) is 0 Å². The van der Waals surface area contributed by atoms with Crippen LogP contribution in [0.15, 0.2) is 0 Å². The SMILES string of the molecule is FC(F)(F)CN1CC(C2CC2)NCC1C1CCCCC1. The summed E-state index contributed by atoms with van der Waals surface area (Å²) in [5, 5.41) is 3.54. The van der Waals surface area contributed by atoms with E-state index in [1.807, 2.05) is 0 Å². The van der Waals surface area contributed by atoms with E-state index in [1.165, 1.54) is 32.1 Å². The predicted octanol–water partition coefficient (Wildman–Crippen LogP) is 3.18. The smallest absolute Gasteiger partial charge is 0.311 e. The zero-order valence-electron chi connectivity index (χ0n) is 12.0. The topological polar surface area (TPSA) is 15.3 Å². The molecular formula is C15H25F3N2. The molecule has 3 fully saturated rings. The van der Waals surface area contributed by atoms with E-state index < -0.39 is 12.7 Å². The third kappa shape index (κ3) is 3.67. The van der Waals surface area contributed by atoms with Crippen molar-refractivity contribution < 1.29 is 13.2 Å². The minimum atomic E-state index is -4.07. The molecule has 20 heavy (non-hydrogen) atoms. The van der Waals surface area contributed by atoms with Crippen molar-refractivity contribution in [1.29, 1.82) is 0 Å². The molecule has 1 N–H and O–H groups in total. The van der Waals surface area contributed by atoms with Gasteiger partial charge in [-0.05, 0) is 37.5 Å². The molecule has 2 unspecified atom stereocenters. The molecule has 1 heterocycles. The van der Waals surface area contributed by atoms with Crippen LogP contribution in [0.25, 0.3) is 0 Å². The number of hydrogen-bond acceptors (Lipinski definition) is 2. The Morgan fingerprint density at radius 3 is 2.25 bits per heavy atom. The standard InChI is InChI=1S/C15H25F3N2/c16-15(17,18)10-20-9-13(11-6-7-11)19-8-14(20)12-4-2-1-3-5-12/h11-14,19H,1-10H2. The molecule has 3 aliphatic rings. The molecule has 2 atom stereocenters. The van der Waals surface area contributed by atoms with E-state index in [0.717, 1.165) is 19.4 Å². The Morgan fingerprint density at radius 1 is 0.950 bits per heavy atom. The summed E-state index contributed by atoms with van der Waals surface area (Å²) in [7, 11) is 0. The fraction of sp³-hybridized carbons (Fsp3) is 1.00. The minimum absolute atomic E-state index is 0.0897. The first kappa shape index (κ1) is 14.6. The van der Waals surface area contributed by atoms with Crippen molar-refractivity contribution in [2.75, 3.05) is 19.6 Å². The van der Waals surface area contributed by atoms with E-state index >= 15 is 0 Å². The minimum Gasteiger partial charge on any atom is -0.311 e. The Morgan fingerprint density at radius 2 is 1.65 bits per heavy atom. The Labute approximate surface area is 119 Å². The average molecular weight is 290 g/mol. The number of halogens is 3. The first-order valence-corrected chi connectivity index (χ1v) is 8.07. The number of piperazine rings is 1. The van der Waals surface area contributed by atoms with Crippen LogP contribution in [0.3, 0.4) is 0 Å². The molecule has 2 aliphatic carbocycles. The van der Waals surface area contributed by atoms with Crippen molar-refractivity contribution in [2.24, 2.45) is 11.8 Å². The van der Waals surface area contributed by atoms with E-state index in [4.69, 9.17) is 0 Å². The molecule has 2 saturated carbocycles. The van der Waals surface area contributed by atoms with Gasteiger partial charge in [0.2, 0.25) is 0 Å². The number of nitrogens with zero attached hydrogens (tertiary/aromatic N) is 1. The van der Waals surface area contributed by atoms with Crippen molar-refractivity contribution >= 4 is 0 Å². The monoisotopic (exact) mass is 290 g/mol. The van der Waals surface area contributed by atoms with Gasteiger partial charge >= 0.3 is 6.18 Å². The van der Waals surface area contributed by atoms with Crippen molar-refractivity contribution in [1.82, 2.24) is 10.2 Å². The maximum atomic E-state index is 12.9. The summed E-state index contributed by atoms with van der Waals surface area (Å²) < 4.78 is 38.6.